The molecule has 0 heterocycles. The number of benzene rings is 1. The summed E-state index contributed by atoms with van der Waals surface area (Å²) in [5, 5.41) is 0. The van der Waals surface area contributed by atoms with E-state index in [4.69, 9.17) is 12.2 Å². The molecule has 0 aliphatic rings. The van der Waals surface area contributed by atoms with Gasteiger partial charge in [-0.25, -0.2) is 0 Å². The summed E-state index contributed by atoms with van der Waals surface area (Å²) in [4.78, 5) is 2.24. The van der Waals surface area contributed by atoms with Crippen LogP contribution in [-0.2, 0) is 6.42 Å². The number of nitrogens with zero attached hydrogens (tertiary/aromatic N) is 1. The van der Waals surface area contributed by atoms with Crippen LogP contribution in [0.2, 0.25) is 0 Å². The Labute approximate surface area is 105 Å². The number of terminal acetylenes is 1. The van der Waals surface area contributed by atoms with Gasteiger partial charge >= 0.3 is 0 Å². The molecule has 1 atom stereocenters. The van der Waals surface area contributed by atoms with Gasteiger partial charge in [0.2, 0.25) is 0 Å². The Morgan fingerprint density at radius 1 is 1.35 bits per heavy atom. The number of hydrogen-bond donors (Lipinski definition) is 1. The third kappa shape index (κ3) is 5.53. The van der Waals surface area contributed by atoms with Crippen molar-refractivity contribution < 1.29 is 0 Å². The molecule has 0 saturated heterocycles. The van der Waals surface area contributed by atoms with E-state index in [0.717, 1.165) is 25.9 Å². The van der Waals surface area contributed by atoms with Gasteiger partial charge in [-0.2, -0.15) is 0 Å². The Hall–Kier alpha value is -1.30. The van der Waals surface area contributed by atoms with Gasteiger partial charge in [0.25, 0.3) is 0 Å². The third-order valence-electron chi connectivity index (χ3n) is 2.69. The summed E-state index contributed by atoms with van der Waals surface area (Å²) in [6, 6.07) is 10.5. The summed E-state index contributed by atoms with van der Waals surface area (Å²) in [6.07, 6.45) is 7.37. The lowest BCUT2D eigenvalue weighted by molar-refractivity contribution is 0.286. The predicted octanol–water partition coefficient (Wildman–Crippen LogP) is 1.90. The molecular formula is C15H22N2. The van der Waals surface area contributed by atoms with Gasteiger partial charge in [0, 0.05) is 12.6 Å². The molecule has 1 rings (SSSR count). The van der Waals surface area contributed by atoms with Crippen molar-refractivity contribution in [2.24, 2.45) is 5.73 Å². The number of hydrogen-bond acceptors (Lipinski definition) is 2. The molecule has 17 heavy (non-hydrogen) atoms. The van der Waals surface area contributed by atoms with Crippen LogP contribution in [0.4, 0.5) is 0 Å². The molecule has 92 valence electrons. The smallest absolute Gasteiger partial charge is 0.0599 e. The molecule has 2 N–H and O–H groups in total. The van der Waals surface area contributed by atoms with Gasteiger partial charge in [-0.15, -0.1) is 6.42 Å². The topological polar surface area (TPSA) is 29.3 Å². The molecule has 0 radical (unpaired) electrons. The summed E-state index contributed by atoms with van der Waals surface area (Å²) < 4.78 is 0. The van der Waals surface area contributed by atoms with E-state index in [2.05, 4.69) is 29.9 Å². The van der Waals surface area contributed by atoms with Crippen molar-refractivity contribution >= 4 is 0 Å². The van der Waals surface area contributed by atoms with Crippen molar-refractivity contribution in [2.45, 2.75) is 25.8 Å². The van der Waals surface area contributed by atoms with Crippen molar-refractivity contribution in [1.82, 2.24) is 4.90 Å². The zero-order valence-electron chi connectivity index (χ0n) is 10.6. The minimum atomic E-state index is 0.150. The van der Waals surface area contributed by atoms with Gasteiger partial charge in [-0.3, -0.25) is 4.90 Å². The lowest BCUT2D eigenvalue weighted by Crippen LogP contribution is -2.39. The first-order valence-corrected chi connectivity index (χ1v) is 6.21. The molecule has 0 spiro atoms. The first kappa shape index (κ1) is 13.8. The van der Waals surface area contributed by atoms with Crippen molar-refractivity contribution in [3.63, 3.8) is 0 Å². The predicted molar refractivity (Wildman–Crippen MR) is 73.7 cm³/mol. The quantitative estimate of drug-likeness (QED) is 0.725. The Bertz CT molecular complexity index is 340. The van der Waals surface area contributed by atoms with Gasteiger partial charge < -0.3 is 5.73 Å². The molecule has 1 aromatic carbocycles. The highest BCUT2D eigenvalue weighted by Gasteiger charge is 2.09. The molecule has 1 unspecified atom stereocenters. The average molecular weight is 230 g/mol. The van der Waals surface area contributed by atoms with Crippen LogP contribution in [0.1, 0.15) is 18.9 Å². The van der Waals surface area contributed by atoms with Gasteiger partial charge in [0.05, 0.1) is 6.54 Å². The van der Waals surface area contributed by atoms with Crippen molar-refractivity contribution in [3.8, 4) is 12.3 Å². The standard InChI is InChI=1S/C15H22N2/c1-3-10-17(11-4-2)13-15(16)12-14-8-6-5-7-9-14/h1,5-9,15H,4,10-13,16H2,2H3. The summed E-state index contributed by atoms with van der Waals surface area (Å²) >= 11 is 0. The fraction of sp³-hybridized carbons (Fsp3) is 0.467. The molecular weight excluding hydrogens is 208 g/mol. The Kier molecular flexibility index (Phi) is 6.39. The van der Waals surface area contributed by atoms with Crippen molar-refractivity contribution in [3.05, 3.63) is 35.9 Å². The van der Waals surface area contributed by atoms with Crippen LogP contribution in [0.5, 0.6) is 0 Å². The van der Waals surface area contributed by atoms with Crippen LogP contribution >= 0.6 is 0 Å². The maximum absolute atomic E-state index is 6.16. The van der Waals surface area contributed by atoms with E-state index in [0.29, 0.717) is 6.54 Å². The first-order valence-electron chi connectivity index (χ1n) is 6.21. The second-order valence-electron chi connectivity index (χ2n) is 4.39. The van der Waals surface area contributed by atoms with Crippen molar-refractivity contribution in [2.75, 3.05) is 19.6 Å². The van der Waals surface area contributed by atoms with Crippen LogP contribution in [0.15, 0.2) is 30.3 Å². The van der Waals surface area contributed by atoms with Crippen molar-refractivity contribution in [1.29, 1.82) is 0 Å². The third-order valence-corrected chi connectivity index (χ3v) is 2.69. The number of nitrogens with two attached hydrogens (primary N) is 1. The second kappa shape index (κ2) is 7.89. The van der Waals surface area contributed by atoms with Gasteiger partial charge in [-0.05, 0) is 24.9 Å². The molecule has 2 heteroatoms. The SMILES string of the molecule is C#CCN(CCC)CC(N)Cc1ccccc1. The first-order chi connectivity index (χ1) is 8.26. The molecule has 0 aliphatic heterocycles. The Morgan fingerprint density at radius 3 is 2.65 bits per heavy atom. The van der Waals surface area contributed by atoms with Gasteiger partial charge in [0.1, 0.15) is 0 Å². The summed E-state index contributed by atoms with van der Waals surface area (Å²) in [5.74, 6) is 2.69. The average Bonchev–Trinajstić information content (AvgIpc) is 2.30. The van der Waals surface area contributed by atoms with E-state index in [9.17, 15) is 0 Å². The normalized spacial score (nSPS) is 12.4. The summed E-state index contributed by atoms with van der Waals surface area (Å²) in [6.45, 7) is 4.74. The highest BCUT2D eigenvalue weighted by Crippen LogP contribution is 2.03. The molecule has 2 nitrogen and oxygen atoms in total. The summed E-state index contributed by atoms with van der Waals surface area (Å²) in [5.41, 5.74) is 7.45. The van der Waals surface area contributed by atoms with Crippen LogP contribution in [0.3, 0.4) is 0 Å². The highest BCUT2D eigenvalue weighted by molar-refractivity contribution is 5.15. The highest BCUT2D eigenvalue weighted by atomic mass is 15.1. The second-order valence-corrected chi connectivity index (χ2v) is 4.39. The zero-order chi connectivity index (χ0) is 12.5. The number of rotatable bonds is 7. The molecule has 0 saturated carbocycles. The van der Waals surface area contributed by atoms with Crippen LogP contribution < -0.4 is 5.73 Å². The van der Waals surface area contributed by atoms with E-state index >= 15 is 0 Å². The van der Waals surface area contributed by atoms with Gasteiger partial charge in [0.15, 0.2) is 0 Å². The maximum Gasteiger partial charge on any atom is 0.0599 e. The van der Waals surface area contributed by atoms with Gasteiger partial charge in [-0.1, -0.05) is 43.2 Å². The molecule has 0 aliphatic carbocycles. The summed E-state index contributed by atoms with van der Waals surface area (Å²) in [7, 11) is 0. The molecule has 1 aromatic rings. The van der Waals surface area contributed by atoms with E-state index < -0.39 is 0 Å². The van der Waals surface area contributed by atoms with Crippen LogP contribution in [-0.4, -0.2) is 30.6 Å². The lowest BCUT2D eigenvalue weighted by Gasteiger charge is -2.23. The largest absolute Gasteiger partial charge is 0.326 e. The zero-order valence-corrected chi connectivity index (χ0v) is 10.6. The maximum atomic E-state index is 6.16. The van der Waals surface area contributed by atoms with E-state index in [-0.39, 0.29) is 6.04 Å². The Balaban J connectivity index is 2.42. The minimum Gasteiger partial charge on any atom is -0.326 e. The fourth-order valence-electron chi connectivity index (χ4n) is 1.99. The lowest BCUT2D eigenvalue weighted by atomic mass is 10.1. The molecule has 0 fully saturated rings. The molecule has 0 bridgehead atoms. The van der Waals surface area contributed by atoms with Crippen LogP contribution in [0.25, 0.3) is 0 Å². The Morgan fingerprint density at radius 2 is 2.06 bits per heavy atom. The van der Waals surface area contributed by atoms with E-state index in [1.165, 1.54) is 5.56 Å². The monoisotopic (exact) mass is 230 g/mol. The molecule has 0 aromatic heterocycles. The van der Waals surface area contributed by atoms with Crippen LogP contribution in [0, 0.1) is 12.3 Å². The molecule has 0 amide bonds. The van der Waals surface area contributed by atoms with E-state index in [1.54, 1.807) is 0 Å². The fourth-order valence-corrected chi connectivity index (χ4v) is 1.99. The minimum absolute atomic E-state index is 0.150. The van der Waals surface area contributed by atoms with E-state index in [1.807, 2.05) is 18.2 Å².